The van der Waals surface area contributed by atoms with Crippen molar-refractivity contribution >= 4 is 11.6 Å². The number of hydrogen-bond donors (Lipinski definition) is 0. The standard InChI is InChI=1S/C11H12ClFN2/c1-15(6-2-5-14)8-9-3-4-10(12)7-11(9)13/h3-4,7H,2,6,8H2,1H3. The Balaban J connectivity index is 2.61. The lowest BCUT2D eigenvalue weighted by Crippen LogP contribution is -2.19. The summed E-state index contributed by atoms with van der Waals surface area (Å²) in [6.45, 7) is 1.13. The summed E-state index contributed by atoms with van der Waals surface area (Å²) < 4.78 is 13.4. The van der Waals surface area contributed by atoms with Crippen LogP contribution in [0.2, 0.25) is 5.02 Å². The van der Waals surface area contributed by atoms with E-state index in [-0.39, 0.29) is 5.82 Å². The van der Waals surface area contributed by atoms with Crippen molar-refractivity contribution in [3.63, 3.8) is 0 Å². The summed E-state index contributed by atoms with van der Waals surface area (Å²) in [7, 11) is 1.85. The summed E-state index contributed by atoms with van der Waals surface area (Å²) in [5, 5.41) is 8.80. The fourth-order valence-corrected chi connectivity index (χ4v) is 1.42. The minimum atomic E-state index is -0.300. The summed E-state index contributed by atoms with van der Waals surface area (Å²) in [6, 6.07) is 6.68. The third kappa shape index (κ3) is 3.86. The molecule has 2 nitrogen and oxygen atoms in total. The van der Waals surface area contributed by atoms with Gasteiger partial charge in [-0.15, -0.1) is 0 Å². The van der Waals surface area contributed by atoms with Crippen molar-refractivity contribution in [1.29, 1.82) is 5.26 Å². The van der Waals surface area contributed by atoms with E-state index in [0.29, 0.717) is 30.1 Å². The second kappa shape index (κ2) is 5.69. The van der Waals surface area contributed by atoms with Crippen molar-refractivity contribution in [2.75, 3.05) is 13.6 Å². The van der Waals surface area contributed by atoms with Crippen molar-refractivity contribution in [3.8, 4) is 6.07 Å². The molecule has 0 aromatic heterocycles. The molecule has 4 heteroatoms. The molecule has 0 aliphatic carbocycles. The zero-order valence-corrected chi connectivity index (χ0v) is 9.26. The molecule has 0 heterocycles. The summed E-state index contributed by atoms with van der Waals surface area (Å²) in [6.07, 6.45) is 0.450. The largest absolute Gasteiger partial charge is 0.301 e. The highest BCUT2D eigenvalue weighted by atomic mass is 35.5. The molecule has 1 rings (SSSR count). The average molecular weight is 227 g/mol. The molecular formula is C11H12ClFN2. The Bertz CT molecular complexity index is 373. The maximum Gasteiger partial charge on any atom is 0.129 e. The van der Waals surface area contributed by atoms with E-state index in [1.54, 1.807) is 12.1 Å². The molecule has 0 saturated carbocycles. The van der Waals surface area contributed by atoms with Gasteiger partial charge in [0.15, 0.2) is 0 Å². The van der Waals surface area contributed by atoms with Gasteiger partial charge in [-0.3, -0.25) is 0 Å². The van der Waals surface area contributed by atoms with E-state index in [4.69, 9.17) is 16.9 Å². The first kappa shape index (κ1) is 12.0. The Hall–Kier alpha value is -1.11. The lowest BCUT2D eigenvalue weighted by Gasteiger charge is -2.15. The van der Waals surface area contributed by atoms with Crippen LogP contribution in [-0.4, -0.2) is 18.5 Å². The minimum absolute atomic E-state index is 0.300. The SMILES string of the molecule is CN(CCC#N)Cc1ccc(Cl)cc1F. The quantitative estimate of drug-likeness (QED) is 0.790. The highest BCUT2D eigenvalue weighted by Crippen LogP contribution is 2.15. The molecule has 0 spiro atoms. The molecule has 0 amide bonds. The van der Waals surface area contributed by atoms with E-state index in [1.807, 2.05) is 11.9 Å². The zero-order chi connectivity index (χ0) is 11.3. The van der Waals surface area contributed by atoms with Crippen LogP contribution in [-0.2, 0) is 6.54 Å². The van der Waals surface area contributed by atoms with Gasteiger partial charge in [0.1, 0.15) is 5.82 Å². The molecule has 0 unspecified atom stereocenters. The third-order valence-corrected chi connectivity index (χ3v) is 2.30. The van der Waals surface area contributed by atoms with Crippen LogP contribution in [0.4, 0.5) is 4.39 Å². The molecule has 0 fully saturated rings. The highest BCUT2D eigenvalue weighted by molar-refractivity contribution is 6.30. The molecule has 0 aliphatic rings. The van der Waals surface area contributed by atoms with Gasteiger partial charge in [0.2, 0.25) is 0 Å². The number of benzene rings is 1. The van der Waals surface area contributed by atoms with Gasteiger partial charge in [-0.25, -0.2) is 4.39 Å². The molecular weight excluding hydrogens is 215 g/mol. The van der Waals surface area contributed by atoms with Gasteiger partial charge in [0.25, 0.3) is 0 Å². The van der Waals surface area contributed by atoms with Crippen molar-refractivity contribution in [3.05, 3.63) is 34.6 Å². The molecule has 0 radical (unpaired) electrons. The molecule has 15 heavy (non-hydrogen) atoms. The minimum Gasteiger partial charge on any atom is -0.301 e. The maximum atomic E-state index is 13.4. The molecule has 0 atom stereocenters. The zero-order valence-electron chi connectivity index (χ0n) is 8.50. The normalized spacial score (nSPS) is 10.3. The maximum absolute atomic E-state index is 13.4. The van der Waals surface area contributed by atoms with Crippen LogP contribution in [0.3, 0.4) is 0 Å². The second-order valence-electron chi connectivity index (χ2n) is 3.38. The van der Waals surface area contributed by atoms with E-state index in [2.05, 4.69) is 6.07 Å². The first-order valence-electron chi connectivity index (χ1n) is 4.63. The molecule has 0 saturated heterocycles. The second-order valence-corrected chi connectivity index (χ2v) is 3.82. The van der Waals surface area contributed by atoms with Gasteiger partial charge in [0.05, 0.1) is 6.07 Å². The van der Waals surface area contributed by atoms with E-state index in [9.17, 15) is 4.39 Å². The van der Waals surface area contributed by atoms with Crippen LogP contribution in [0.5, 0.6) is 0 Å². The van der Waals surface area contributed by atoms with Crippen LogP contribution in [0, 0.1) is 17.1 Å². The number of hydrogen-bond acceptors (Lipinski definition) is 2. The predicted molar refractivity (Wildman–Crippen MR) is 58.0 cm³/mol. The van der Waals surface area contributed by atoms with Crippen molar-refractivity contribution < 1.29 is 4.39 Å². The molecule has 0 bridgehead atoms. The topological polar surface area (TPSA) is 27.0 Å². The van der Waals surface area contributed by atoms with Gasteiger partial charge in [-0.05, 0) is 19.2 Å². The van der Waals surface area contributed by atoms with Gasteiger partial charge >= 0.3 is 0 Å². The average Bonchev–Trinajstić information content (AvgIpc) is 2.19. The summed E-state index contributed by atoms with van der Waals surface area (Å²) in [4.78, 5) is 1.90. The van der Waals surface area contributed by atoms with E-state index >= 15 is 0 Å². The number of halogens is 2. The van der Waals surface area contributed by atoms with Gasteiger partial charge < -0.3 is 4.90 Å². The summed E-state index contributed by atoms with van der Waals surface area (Å²) in [5.41, 5.74) is 0.597. The number of rotatable bonds is 4. The summed E-state index contributed by atoms with van der Waals surface area (Å²) >= 11 is 5.64. The monoisotopic (exact) mass is 226 g/mol. The molecule has 0 N–H and O–H groups in total. The lowest BCUT2D eigenvalue weighted by molar-refractivity contribution is 0.329. The summed E-state index contributed by atoms with van der Waals surface area (Å²) in [5.74, 6) is -0.300. The van der Waals surface area contributed by atoms with Crippen LogP contribution in [0.15, 0.2) is 18.2 Å². The third-order valence-electron chi connectivity index (χ3n) is 2.06. The van der Waals surface area contributed by atoms with Gasteiger partial charge in [0, 0.05) is 30.1 Å². The molecule has 1 aromatic rings. The van der Waals surface area contributed by atoms with E-state index in [1.165, 1.54) is 6.07 Å². The Morgan fingerprint density at radius 3 is 2.87 bits per heavy atom. The molecule has 0 aliphatic heterocycles. The Labute approximate surface area is 93.9 Å². The number of nitrogens with zero attached hydrogens (tertiary/aromatic N) is 2. The van der Waals surface area contributed by atoms with Crippen LogP contribution < -0.4 is 0 Å². The molecule has 1 aromatic carbocycles. The Kier molecular flexibility index (Phi) is 4.54. The number of nitriles is 1. The van der Waals surface area contributed by atoms with Gasteiger partial charge in [-0.1, -0.05) is 17.7 Å². The smallest absolute Gasteiger partial charge is 0.129 e. The van der Waals surface area contributed by atoms with Crippen LogP contribution in [0.25, 0.3) is 0 Å². The first-order chi connectivity index (χ1) is 7.13. The van der Waals surface area contributed by atoms with Crippen molar-refractivity contribution in [2.45, 2.75) is 13.0 Å². The fraction of sp³-hybridized carbons (Fsp3) is 0.364. The van der Waals surface area contributed by atoms with Crippen molar-refractivity contribution in [2.24, 2.45) is 0 Å². The van der Waals surface area contributed by atoms with E-state index < -0.39 is 0 Å². The van der Waals surface area contributed by atoms with Crippen LogP contribution >= 0.6 is 11.6 Å². The Morgan fingerprint density at radius 2 is 2.27 bits per heavy atom. The fourth-order valence-electron chi connectivity index (χ4n) is 1.26. The van der Waals surface area contributed by atoms with Gasteiger partial charge in [-0.2, -0.15) is 5.26 Å². The molecule has 80 valence electrons. The first-order valence-corrected chi connectivity index (χ1v) is 5.00. The predicted octanol–water partition coefficient (Wildman–Crippen LogP) is 2.82. The van der Waals surface area contributed by atoms with E-state index in [0.717, 1.165) is 0 Å². The van der Waals surface area contributed by atoms with Crippen LogP contribution in [0.1, 0.15) is 12.0 Å². The lowest BCUT2D eigenvalue weighted by atomic mass is 10.2. The highest BCUT2D eigenvalue weighted by Gasteiger charge is 2.05. The van der Waals surface area contributed by atoms with Crippen molar-refractivity contribution in [1.82, 2.24) is 4.90 Å². The Morgan fingerprint density at radius 1 is 1.53 bits per heavy atom.